The van der Waals surface area contributed by atoms with E-state index in [4.69, 9.17) is 11.6 Å². The summed E-state index contributed by atoms with van der Waals surface area (Å²) in [6, 6.07) is 3.87. The zero-order chi connectivity index (χ0) is 17.4. The maximum Gasteiger partial charge on any atom is 0.164 e. The minimum absolute atomic E-state index is 0.670. The van der Waals surface area contributed by atoms with E-state index >= 15 is 0 Å². The number of halogens is 2. The van der Waals surface area contributed by atoms with Crippen molar-refractivity contribution in [1.29, 1.82) is 0 Å². The summed E-state index contributed by atoms with van der Waals surface area (Å²) in [5.41, 5.74) is 1.88. The monoisotopic (exact) mass is 421 g/mol. The minimum atomic E-state index is 0.670. The molecule has 25 heavy (non-hydrogen) atoms. The molecule has 3 aromatic heterocycles. The topological polar surface area (TPSA) is 63.0 Å². The van der Waals surface area contributed by atoms with Crippen LogP contribution in [-0.2, 0) is 13.6 Å². The van der Waals surface area contributed by atoms with Gasteiger partial charge in [-0.05, 0) is 28.1 Å². The van der Waals surface area contributed by atoms with Gasteiger partial charge in [0, 0.05) is 46.0 Å². The molecule has 0 aromatic carbocycles. The number of pyridine rings is 1. The van der Waals surface area contributed by atoms with Crippen molar-refractivity contribution in [3.63, 3.8) is 0 Å². The molecule has 4 rings (SSSR count). The van der Waals surface area contributed by atoms with E-state index in [9.17, 15) is 0 Å². The van der Waals surface area contributed by atoms with Crippen molar-refractivity contribution in [2.75, 3.05) is 31.1 Å². The summed E-state index contributed by atoms with van der Waals surface area (Å²) in [6.07, 6.45) is 3.31. The Kier molecular flexibility index (Phi) is 4.58. The van der Waals surface area contributed by atoms with Crippen LogP contribution in [0.15, 0.2) is 29.3 Å². The van der Waals surface area contributed by atoms with Gasteiger partial charge in [-0.2, -0.15) is 5.10 Å². The summed E-state index contributed by atoms with van der Waals surface area (Å²) in [4.78, 5) is 17.9. The van der Waals surface area contributed by atoms with E-state index in [0.717, 1.165) is 59.9 Å². The fraction of sp³-hybridized carbons (Fsp3) is 0.375. The summed E-state index contributed by atoms with van der Waals surface area (Å²) in [5, 5.41) is 6.04. The lowest BCUT2D eigenvalue weighted by Crippen LogP contribution is -2.46. The van der Waals surface area contributed by atoms with Crippen LogP contribution < -0.4 is 4.90 Å². The molecule has 4 heterocycles. The highest BCUT2D eigenvalue weighted by molar-refractivity contribution is 9.10. The Bertz CT molecular complexity index is 887. The van der Waals surface area contributed by atoms with Crippen LogP contribution in [0.2, 0.25) is 5.02 Å². The molecule has 0 spiro atoms. The lowest BCUT2D eigenvalue weighted by atomic mass is 10.2. The molecule has 0 atom stereocenters. The van der Waals surface area contributed by atoms with Crippen LogP contribution in [-0.4, -0.2) is 55.8 Å². The van der Waals surface area contributed by atoms with Gasteiger partial charge in [-0.25, -0.2) is 14.6 Å². The van der Waals surface area contributed by atoms with Crippen molar-refractivity contribution < 1.29 is 0 Å². The molecule has 0 bridgehead atoms. The van der Waals surface area contributed by atoms with Crippen LogP contribution >= 0.6 is 27.5 Å². The predicted octanol–water partition coefficient (Wildman–Crippen LogP) is 2.50. The average Bonchev–Trinajstić information content (AvgIpc) is 2.92. The van der Waals surface area contributed by atoms with Crippen LogP contribution in [0.5, 0.6) is 0 Å². The first-order valence-corrected chi connectivity index (χ1v) is 9.20. The van der Waals surface area contributed by atoms with E-state index in [1.54, 1.807) is 17.2 Å². The molecular weight excluding hydrogens is 406 g/mol. The third kappa shape index (κ3) is 3.33. The highest BCUT2D eigenvalue weighted by Gasteiger charge is 2.23. The second kappa shape index (κ2) is 6.86. The number of hydrogen-bond donors (Lipinski definition) is 0. The van der Waals surface area contributed by atoms with E-state index in [0.29, 0.717) is 5.02 Å². The number of hydrogen-bond acceptors (Lipinski definition) is 6. The molecule has 1 aliphatic heterocycles. The van der Waals surface area contributed by atoms with Crippen LogP contribution in [0, 0.1) is 0 Å². The van der Waals surface area contributed by atoms with Gasteiger partial charge in [-0.15, -0.1) is 0 Å². The van der Waals surface area contributed by atoms with Crippen molar-refractivity contribution in [3.8, 4) is 0 Å². The molecule has 0 N–H and O–H groups in total. The molecule has 1 saturated heterocycles. The summed E-state index contributed by atoms with van der Waals surface area (Å²) in [5.74, 6) is 0.939. The van der Waals surface area contributed by atoms with Gasteiger partial charge in [0.2, 0.25) is 0 Å². The zero-order valence-electron chi connectivity index (χ0n) is 13.7. The van der Waals surface area contributed by atoms with E-state index in [2.05, 4.69) is 45.8 Å². The molecule has 0 aliphatic carbocycles. The van der Waals surface area contributed by atoms with E-state index in [-0.39, 0.29) is 0 Å². The van der Waals surface area contributed by atoms with Gasteiger partial charge in [0.15, 0.2) is 5.65 Å². The number of fused-ring (bicyclic) bond motifs is 1. The summed E-state index contributed by atoms with van der Waals surface area (Å²) < 4.78 is 2.56. The maximum atomic E-state index is 5.90. The van der Waals surface area contributed by atoms with Gasteiger partial charge in [-0.3, -0.25) is 9.88 Å². The first-order chi connectivity index (χ1) is 12.1. The summed E-state index contributed by atoms with van der Waals surface area (Å²) >= 11 is 9.43. The molecule has 130 valence electrons. The van der Waals surface area contributed by atoms with Crippen molar-refractivity contribution in [2.24, 2.45) is 7.05 Å². The molecule has 3 aromatic rings. The molecule has 0 radical (unpaired) electrons. The number of anilines is 1. The third-order valence-electron chi connectivity index (χ3n) is 4.40. The van der Waals surface area contributed by atoms with Gasteiger partial charge >= 0.3 is 0 Å². The molecule has 1 fully saturated rings. The average molecular weight is 423 g/mol. The van der Waals surface area contributed by atoms with Crippen LogP contribution in [0.4, 0.5) is 5.82 Å². The Morgan fingerprint density at radius 3 is 2.64 bits per heavy atom. The fourth-order valence-corrected chi connectivity index (χ4v) is 3.82. The van der Waals surface area contributed by atoms with Gasteiger partial charge < -0.3 is 4.90 Å². The zero-order valence-corrected chi connectivity index (χ0v) is 16.1. The van der Waals surface area contributed by atoms with Gasteiger partial charge in [0.05, 0.1) is 16.1 Å². The van der Waals surface area contributed by atoms with E-state index in [1.165, 1.54) is 0 Å². The molecule has 0 saturated carbocycles. The minimum Gasteiger partial charge on any atom is -0.353 e. The van der Waals surface area contributed by atoms with Crippen LogP contribution in [0.1, 0.15) is 5.69 Å². The highest BCUT2D eigenvalue weighted by Crippen LogP contribution is 2.30. The van der Waals surface area contributed by atoms with Gasteiger partial charge in [-0.1, -0.05) is 11.6 Å². The fourth-order valence-electron chi connectivity index (χ4n) is 3.11. The summed E-state index contributed by atoms with van der Waals surface area (Å²) in [7, 11) is 1.89. The SMILES string of the molecule is Cn1nc(Br)c2c(N3CCN(Cc4ccc(Cl)cn4)CC3)ncnc21. The standard InChI is InChI=1S/C16H17BrClN7/c1-23-15-13(14(17)22-23)16(21-10-20-15)25-6-4-24(5-7-25)9-12-3-2-11(18)8-19-12/h2-3,8,10H,4-7,9H2,1H3. The highest BCUT2D eigenvalue weighted by atomic mass is 79.9. The second-order valence-electron chi connectivity index (χ2n) is 6.04. The lowest BCUT2D eigenvalue weighted by Gasteiger charge is -2.35. The Morgan fingerprint density at radius 1 is 1.12 bits per heavy atom. The molecular formula is C16H17BrClN7. The molecule has 1 aliphatic rings. The maximum absolute atomic E-state index is 5.90. The Balaban J connectivity index is 1.48. The van der Waals surface area contributed by atoms with Crippen molar-refractivity contribution in [1.82, 2.24) is 29.6 Å². The number of rotatable bonds is 3. The van der Waals surface area contributed by atoms with Crippen LogP contribution in [0.25, 0.3) is 11.0 Å². The first kappa shape index (κ1) is 16.7. The number of piperazine rings is 1. The second-order valence-corrected chi connectivity index (χ2v) is 7.23. The Morgan fingerprint density at radius 2 is 1.92 bits per heavy atom. The van der Waals surface area contributed by atoms with Gasteiger partial charge in [0.25, 0.3) is 0 Å². The molecule has 0 amide bonds. The van der Waals surface area contributed by atoms with Crippen molar-refractivity contribution >= 4 is 44.4 Å². The first-order valence-electron chi connectivity index (χ1n) is 8.03. The molecule has 9 heteroatoms. The Hall–Kier alpha value is -1.77. The van der Waals surface area contributed by atoms with Gasteiger partial charge in [0.1, 0.15) is 16.7 Å². The predicted molar refractivity (Wildman–Crippen MR) is 101 cm³/mol. The third-order valence-corrected chi connectivity index (χ3v) is 5.18. The van der Waals surface area contributed by atoms with E-state index < -0.39 is 0 Å². The van der Waals surface area contributed by atoms with Crippen molar-refractivity contribution in [2.45, 2.75) is 6.54 Å². The Labute approximate surface area is 158 Å². The summed E-state index contributed by atoms with van der Waals surface area (Å²) in [6.45, 7) is 4.55. The van der Waals surface area contributed by atoms with E-state index in [1.807, 2.05) is 19.2 Å². The van der Waals surface area contributed by atoms with Crippen LogP contribution in [0.3, 0.4) is 0 Å². The number of aryl methyl sites for hydroxylation is 1. The normalized spacial score (nSPS) is 15.9. The molecule has 7 nitrogen and oxygen atoms in total. The number of aromatic nitrogens is 5. The van der Waals surface area contributed by atoms with Crippen molar-refractivity contribution in [3.05, 3.63) is 40.0 Å². The quantitative estimate of drug-likeness (QED) is 0.646. The largest absolute Gasteiger partial charge is 0.353 e. The molecule has 0 unspecified atom stereocenters. The smallest absolute Gasteiger partial charge is 0.164 e. The lowest BCUT2D eigenvalue weighted by molar-refractivity contribution is 0.247. The number of nitrogens with zero attached hydrogens (tertiary/aromatic N) is 7.